The summed E-state index contributed by atoms with van der Waals surface area (Å²) in [5.74, 6) is -0.185. The van der Waals surface area contributed by atoms with Crippen LogP contribution in [0.2, 0.25) is 0 Å². The second kappa shape index (κ2) is 7.53. The van der Waals surface area contributed by atoms with Crippen molar-refractivity contribution in [2.75, 3.05) is 6.54 Å². The maximum absolute atomic E-state index is 12.2. The van der Waals surface area contributed by atoms with Crippen LogP contribution in [0.15, 0.2) is 36.5 Å². The fourth-order valence-electron chi connectivity index (χ4n) is 2.63. The minimum absolute atomic E-state index is 0.0149. The summed E-state index contributed by atoms with van der Waals surface area (Å²) in [6.45, 7) is 2.07. The lowest BCUT2D eigenvalue weighted by atomic mass is 10.1. The predicted octanol–water partition coefficient (Wildman–Crippen LogP) is 1.14. The number of phenolic OH excluding ortho intramolecular Hbond substituents is 1. The Morgan fingerprint density at radius 3 is 2.62 bits per heavy atom. The second-order valence-electron chi connectivity index (χ2n) is 6.48. The number of hydrogen-bond donors (Lipinski definition) is 4. The van der Waals surface area contributed by atoms with Gasteiger partial charge >= 0.3 is 0 Å². The summed E-state index contributed by atoms with van der Waals surface area (Å²) < 4.78 is 0. The number of hydrogen-bond acceptors (Lipinski definition) is 5. The molecule has 1 aliphatic carbocycles. The molecule has 3 rings (SSSR count). The van der Waals surface area contributed by atoms with Gasteiger partial charge in [0.15, 0.2) is 0 Å². The number of phenols is 1. The smallest absolute Gasteiger partial charge is 0.252 e. The molecular weight excluding hydrogens is 334 g/mol. The van der Waals surface area contributed by atoms with E-state index in [2.05, 4.69) is 15.6 Å². The number of pyridine rings is 1. The van der Waals surface area contributed by atoms with Gasteiger partial charge in [-0.15, -0.1) is 0 Å². The highest BCUT2D eigenvalue weighted by molar-refractivity contribution is 5.95. The molecule has 1 aromatic heterocycles. The van der Waals surface area contributed by atoms with Crippen molar-refractivity contribution < 1.29 is 19.8 Å². The lowest BCUT2D eigenvalue weighted by Gasteiger charge is -2.07. The zero-order chi connectivity index (χ0) is 18.7. The molecule has 7 nitrogen and oxygen atoms in total. The highest BCUT2D eigenvalue weighted by Crippen LogP contribution is 2.30. The summed E-state index contributed by atoms with van der Waals surface area (Å²) in [4.78, 5) is 28.2. The van der Waals surface area contributed by atoms with Crippen LogP contribution in [0.25, 0.3) is 0 Å². The van der Waals surface area contributed by atoms with E-state index in [9.17, 15) is 14.7 Å². The number of aliphatic hydroxyl groups is 1. The third-order valence-corrected chi connectivity index (χ3v) is 4.48. The van der Waals surface area contributed by atoms with Crippen LogP contribution in [0, 0.1) is 12.8 Å². The number of carbonyl (C=O) groups excluding carboxylic acids is 2. The molecule has 136 valence electrons. The van der Waals surface area contributed by atoms with E-state index in [4.69, 9.17) is 5.11 Å². The van der Waals surface area contributed by atoms with Gasteiger partial charge in [0, 0.05) is 24.3 Å². The minimum Gasteiger partial charge on any atom is -0.508 e. The maximum atomic E-state index is 12.2. The number of amides is 2. The molecule has 0 aliphatic heterocycles. The number of carbonyl (C=O) groups is 2. The van der Waals surface area contributed by atoms with Crippen LogP contribution in [-0.2, 0) is 6.61 Å². The zero-order valence-electron chi connectivity index (χ0n) is 14.4. The summed E-state index contributed by atoms with van der Waals surface area (Å²) in [7, 11) is 0. The molecule has 2 atom stereocenters. The molecule has 2 aromatic rings. The van der Waals surface area contributed by atoms with Gasteiger partial charge in [-0.3, -0.25) is 14.6 Å². The number of aromatic hydroxyl groups is 1. The van der Waals surface area contributed by atoms with Gasteiger partial charge in [-0.05, 0) is 49.1 Å². The Kier molecular flexibility index (Phi) is 5.18. The van der Waals surface area contributed by atoms with Crippen LogP contribution in [-0.4, -0.2) is 39.6 Å². The van der Waals surface area contributed by atoms with Crippen molar-refractivity contribution in [3.63, 3.8) is 0 Å². The number of benzene rings is 1. The Bertz CT molecular complexity index is 820. The van der Waals surface area contributed by atoms with Crippen molar-refractivity contribution >= 4 is 11.8 Å². The SMILES string of the molecule is Cc1ccc(C(=O)N[C@@H]2C[C@@H]2CNC(=O)c2ccc(CO)nc2)cc1O. The van der Waals surface area contributed by atoms with Gasteiger partial charge in [0.2, 0.25) is 0 Å². The first-order valence-electron chi connectivity index (χ1n) is 8.42. The number of aryl methyl sites for hydroxylation is 1. The Morgan fingerprint density at radius 1 is 1.19 bits per heavy atom. The van der Waals surface area contributed by atoms with Crippen molar-refractivity contribution in [2.24, 2.45) is 5.92 Å². The van der Waals surface area contributed by atoms with E-state index in [0.717, 1.165) is 12.0 Å². The third-order valence-electron chi connectivity index (χ3n) is 4.48. The first kappa shape index (κ1) is 17.9. The molecule has 1 heterocycles. The summed E-state index contributed by atoms with van der Waals surface area (Å²) in [6, 6.07) is 8.06. The predicted molar refractivity (Wildman–Crippen MR) is 94.7 cm³/mol. The fourth-order valence-corrected chi connectivity index (χ4v) is 2.63. The molecule has 0 radical (unpaired) electrons. The molecular formula is C19H21N3O4. The van der Waals surface area contributed by atoms with Crippen LogP contribution < -0.4 is 10.6 Å². The van der Waals surface area contributed by atoms with Crippen molar-refractivity contribution in [2.45, 2.75) is 26.0 Å². The molecule has 2 amide bonds. The molecule has 1 saturated carbocycles. The van der Waals surface area contributed by atoms with Crippen LogP contribution in [0.1, 0.15) is 38.4 Å². The van der Waals surface area contributed by atoms with E-state index in [0.29, 0.717) is 23.4 Å². The number of nitrogens with zero attached hydrogens (tertiary/aromatic N) is 1. The Morgan fingerprint density at radius 2 is 1.96 bits per heavy atom. The molecule has 7 heteroatoms. The largest absolute Gasteiger partial charge is 0.508 e. The first-order valence-corrected chi connectivity index (χ1v) is 8.42. The van der Waals surface area contributed by atoms with Crippen molar-refractivity contribution in [1.29, 1.82) is 0 Å². The summed E-state index contributed by atoms with van der Waals surface area (Å²) in [5, 5.41) is 24.4. The van der Waals surface area contributed by atoms with Crippen molar-refractivity contribution in [3.05, 3.63) is 58.9 Å². The molecule has 1 aliphatic rings. The van der Waals surface area contributed by atoms with E-state index in [1.54, 1.807) is 31.2 Å². The standard InChI is InChI=1S/C19H21N3O4/c1-11-2-3-12(7-17(11)24)19(26)22-16-6-14(16)9-21-18(25)13-4-5-15(10-23)20-8-13/h2-5,7-8,14,16,23-24H,6,9-10H2,1H3,(H,21,25)(H,22,26)/t14-,16-/m1/s1. The lowest BCUT2D eigenvalue weighted by Crippen LogP contribution is -2.31. The monoisotopic (exact) mass is 355 g/mol. The number of aliphatic hydroxyl groups excluding tert-OH is 1. The van der Waals surface area contributed by atoms with Gasteiger partial charge in [0.1, 0.15) is 5.75 Å². The van der Waals surface area contributed by atoms with E-state index in [-0.39, 0.29) is 36.1 Å². The van der Waals surface area contributed by atoms with E-state index in [1.807, 2.05) is 0 Å². The van der Waals surface area contributed by atoms with Gasteiger partial charge < -0.3 is 20.8 Å². The molecule has 0 bridgehead atoms. The molecule has 4 N–H and O–H groups in total. The van der Waals surface area contributed by atoms with Crippen molar-refractivity contribution in [3.8, 4) is 5.75 Å². The van der Waals surface area contributed by atoms with E-state index in [1.165, 1.54) is 12.3 Å². The Hall–Kier alpha value is -2.93. The molecule has 0 saturated heterocycles. The molecule has 26 heavy (non-hydrogen) atoms. The molecule has 1 aromatic carbocycles. The van der Waals surface area contributed by atoms with Gasteiger partial charge in [0.25, 0.3) is 11.8 Å². The minimum atomic E-state index is -0.234. The summed E-state index contributed by atoms with van der Waals surface area (Å²) in [6.07, 6.45) is 2.22. The third kappa shape index (κ3) is 4.18. The topological polar surface area (TPSA) is 112 Å². The lowest BCUT2D eigenvalue weighted by molar-refractivity contribution is 0.0948. The molecule has 0 unspecified atom stereocenters. The summed E-state index contributed by atoms with van der Waals surface area (Å²) in [5.41, 5.74) is 2.07. The number of nitrogens with one attached hydrogen (secondary N) is 2. The highest BCUT2D eigenvalue weighted by atomic mass is 16.3. The van der Waals surface area contributed by atoms with Crippen LogP contribution in [0.4, 0.5) is 0 Å². The first-order chi connectivity index (χ1) is 12.5. The van der Waals surface area contributed by atoms with Gasteiger partial charge in [-0.25, -0.2) is 0 Å². The number of rotatable bonds is 6. The van der Waals surface area contributed by atoms with Crippen LogP contribution in [0.3, 0.4) is 0 Å². The summed E-state index contributed by atoms with van der Waals surface area (Å²) >= 11 is 0. The van der Waals surface area contributed by atoms with E-state index >= 15 is 0 Å². The fraction of sp³-hybridized carbons (Fsp3) is 0.316. The maximum Gasteiger partial charge on any atom is 0.252 e. The number of aromatic nitrogens is 1. The van der Waals surface area contributed by atoms with E-state index < -0.39 is 0 Å². The average molecular weight is 355 g/mol. The van der Waals surface area contributed by atoms with Gasteiger partial charge in [0.05, 0.1) is 17.9 Å². The Balaban J connectivity index is 1.46. The van der Waals surface area contributed by atoms with Crippen LogP contribution in [0.5, 0.6) is 5.75 Å². The van der Waals surface area contributed by atoms with Crippen molar-refractivity contribution in [1.82, 2.24) is 15.6 Å². The highest BCUT2D eigenvalue weighted by Gasteiger charge is 2.38. The second-order valence-corrected chi connectivity index (χ2v) is 6.48. The van der Waals surface area contributed by atoms with Crippen LogP contribution >= 0.6 is 0 Å². The average Bonchev–Trinajstić information content (AvgIpc) is 3.39. The zero-order valence-corrected chi connectivity index (χ0v) is 14.4. The quantitative estimate of drug-likeness (QED) is 0.621. The molecule has 0 spiro atoms. The van der Waals surface area contributed by atoms with Gasteiger partial charge in [-0.2, -0.15) is 0 Å². The normalized spacial score (nSPS) is 18.2. The van der Waals surface area contributed by atoms with Gasteiger partial charge in [-0.1, -0.05) is 6.07 Å². The molecule has 1 fully saturated rings. The Labute approximate surface area is 151 Å².